The van der Waals surface area contributed by atoms with Gasteiger partial charge in [0.05, 0.1) is 11.0 Å². The van der Waals surface area contributed by atoms with Crippen LogP contribution in [-0.4, -0.2) is 4.57 Å². The fraction of sp³-hybridized carbons (Fsp3) is 0.0333. The first kappa shape index (κ1) is 36.3. The Labute approximate surface area is 356 Å². The van der Waals surface area contributed by atoms with Crippen molar-refractivity contribution in [3.05, 3.63) is 224 Å². The van der Waals surface area contributed by atoms with E-state index >= 15 is 0 Å². The zero-order chi connectivity index (χ0) is 40.9. The maximum absolute atomic E-state index is 2.44. The lowest BCUT2D eigenvalue weighted by Crippen LogP contribution is -1.95. The Kier molecular flexibility index (Phi) is 9.02. The highest BCUT2D eigenvalue weighted by Gasteiger charge is 2.18. The van der Waals surface area contributed by atoms with Gasteiger partial charge in [0.1, 0.15) is 0 Å². The molecule has 11 aromatic carbocycles. The van der Waals surface area contributed by atoms with E-state index in [9.17, 15) is 0 Å². The number of nitrogens with zero attached hydrogens (tertiary/aromatic N) is 1. The molecule has 0 radical (unpaired) electrons. The monoisotopic (exact) mass is 777 g/mol. The summed E-state index contributed by atoms with van der Waals surface area (Å²) < 4.78 is 2.44. The zero-order valence-corrected chi connectivity index (χ0v) is 34.3. The lowest BCUT2D eigenvalue weighted by Gasteiger charge is -2.18. The van der Waals surface area contributed by atoms with E-state index in [1.807, 2.05) is 13.8 Å². The minimum absolute atomic E-state index is 1.14. The van der Waals surface area contributed by atoms with E-state index in [1.165, 1.54) is 109 Å². The lowest BCUT2D eigenvalue weighted by molar-refractivity contribution is 1.18. The molecule has 0 saturated carbocycles. The SMILES string of the molecule is CC.c1ccc(-c2c3ccccc3c(-c3ccc(-n4c5ccc(-c6ccc7ccccc7c6)cc5c5cc(-c6ccc7ccccc7c6)ccc54)cc3)c3ccccc23)cc1. The minimum Gasteiger partial charge on any atom is -0.309 e. The Morgan fingerprint density at radius 2 is 0.590 bits per heavy atom. The first-order valence-corrected chi connectivity index (χ1v) is 21.4. The summed E-state index contributed by atoms with van der Waals surface area (Å²) in [4.78, 5) is 0. The fourth-order valence-electron chi connectivity index (χ4n) is 9.53. The Balaban J connectivity index is 0.00000207. The average Bonchev–Trinajstić information content (AvgIpc) is 3.67. The molecule has 1 aromatic heterocycles. The molecule has 288 valence electrons. The van der Waals surface area contributed by atoms with E-state index in [4.69, 9.17) is 0 Å². The van der Waals surface area contributed by atoms with Crippen molar-refractivity contribution in [3.8, 4) is 50.2 Å². The molecule has 0 amide bonds. The molecule has 12 rings (SSSR count). The number of aromatic nitrogens is 1. The van der Waals surface area contributed by atoms with Gasteiger partial charge in [0, 0.05) is 16.5 Å². The molecule has 0 aliphatic rings. The molecule has 1 nitrogen and oxygen atoms in total. The molecule has 0 saturated heterocycles. The van der Waals surface area contributed by atoms with Crippen molar-refractivity contribution in [2.45, 2.75) is 13.8 Å². The third kappa shape index (κ3) is 6.17. The second-order valence-electron chi connectivity index (χ2n) is 15.7. The molecule has 0 spiro atoms. The van der Waals surface area contributed by atoms with Gasteiger partial charge in [-0.05, 0) is 136 Å². The summed E-state index contributed by atoms with van der Waals surface area (Å²) in [7, 11) is 0. The van der Waals surface area contributed by atoms with Crippen LogP contribution in [0, 0.1) is 0 Å². The van der Waals surface area contributed by atoms with E-state index in [0.29, 0.717) is 0 Å². The summed E-state index contributed by atoms with van der Waals surface area (Å²) in [5.41, 5.74) is 13.4. The fourth-order valence-corrected chi connectivity index (χ4v) is 9.53. The topological polar surface area (TPSA) is 4.93 Å². The predicted molar refractivity (Wildman–Crippen MR) is 264 cm³/mol. The number of rotatable bonds is 5. The second kappa shape index (κ2) is 15.1. The van der Waals surface area contributed by atoms with E-state index < -0.39 is 0 Å². The summed E-state index contributed by atoms with van der Waals surface area (Å²) in [6.45, 7) is 4.00. The summed E-state index contributed by atoms with van der Waals surface area (Å²) in [5, 5.41) is 12.6. The zero-order valence-electron chi connectivity index (χ0n) is 34.3. The predicted octanol–water partition coefficient (Wildman–Crippen LogP) is 17.1. The molecule has 0 N–H and O–H groups in total. The van der Waals surface area contributed by atoms with E-state index in [2.05, 4.69) is 229 Å². The van der Waals surface area contributed by atoms with Crippen LogP contribution in [-0.2, 0) is 0 Å². The van der Waals surface area contributed by atoms with Crippen molar-refractivity contribution >= 4 is 64.9 Å². The highest BCUT2D eigenvalue weighted by Crippen LogP contribution is 2.44. The van der Waals surface area contributed by atoms with Gasteiger partial charge in [0.15, 0.2) is 0 Å². The van der Waals surface area contributed by atoms with E-state index in [1.54, 1.807) is 0 Å². The number of fused-ring (bicyclic) bond motifs is 7. The molecule has 0 atom stereocenters. The lowest BCUT2D eigenvalue weighted by atomic mass is 9.86. The van der Waals surface area contributed by atoms with Crippen molar-refractivity contribution in [2.24, 2.45) is 0 Å². The highest BCUT2D eigenvalue weighted by molar-refractivity contribution is 6.21. The van der Waals surface area contributed by atoms with Crippen molar-refractivity contribution in [1.29, 1.82) is 0 Å². The average molecular weight is 778 g/mol. The number of benzene rings is 11. The van der Waals surface area contributed by atoms with Crippen LogP contribution in [0.3, 0.4) is 0 Å². The number of hydrogen-bond donors (Lipinski definition) is 0. The third-order valence-corrected chi connectivity index (χ3v) is 12.3. The molecular formula is C60H43N. The van der Waals surface area contributed by atoms with Crippen molar-refractivity contribution < 1.29 is 0 Å². The molecule has 1 heterocycles. The third-order valence-electron chi connectivity index (χ3n) is 12.3. The molecule has 12 aromatic rings. The van der Waals surface area contributed by atoms with Gasteiger partial charge in [0.2, 0.25) is 0 Å². The van der Waals surface area contributed by atoms with Crippen molar-refractivity contribution in [3.63, 3.8) is 0 Å². The molecular weight excluding hydrogens is 735 g/mol. The summed E-state index contributed by atoms with van der Waals surface area (Å²) in [6.07, 6.45) is 0. The number of hydrogen-bond acceptors (Lipinski definition) is 0. The van der Waals surface area contributed by atoms with Gasteiger partial charge >= 0.3 is 0 Å². The van der Waals surface area contributed by atoms with Gasteiger partial charge in [0.25, 0.3) is 0 Å². The maximum atomic E-state index is 2.44. The van der Waals surface area contributed by atoms with Gasteiger partial charge in [-0.1, -0.05) is 190 Å². The molecule has 0 unspecified atom stereocenters. The van der Waals surface area contributed by atoms with Crippen LogP contribution >= 0.6 is 0 Å². The molecule has 0 bridgehead atoms. The Morgan fingerprint density at radius 3 is 1.05 bits per heavy atom. The largest absolute Gasteiger partial charge is 0.309 e. The highest BCUT2D eigenvalue weighted by atomic mass is 15.0. The smallest absolute Gasteiger partial charge is 0.0541 e. The summed E-state index contributed by atoms with van der Waals surface area (Å²) in [6, 6.07) is 82.6. The minimum atomic E-state index is 1.14. The Morgan fingerprint density at radius 1 is 0.246 bits per heavy atom. The van der Waals surface area contributed by atoms with Crippen LogP contribution in [0.2, 0.25) is 0 Å². The summed E-state index contributed by atoms with van der Waals surface area (Å²) in [5.74, 6) is 0. The first-order valence-electron chi connectivity index (χ1n) is 21.4. The second-order valence-corrected chi connectivity index (χ2v) is 15.7. The van der Waals surface area contributed by atoms with Crippen LogP contribution in [0.5, 0.6) is 0 Å². The van der Waals surface area contributed by atoms with E-state index in [0.717, 1.165) is 5.69 Å². The van der Waals surface area contributed by atoms with E-state index in [-0.39, 0.29) is 0 Å². The maximum Gasteiger partial charge on any atom is 0.0541 e. The van der Waals surface area contributed by atoms with Crippen molar-refractivity contribution in [2.75, 3.05) is 0 Å². The molecule has 0 aliphatic carbocycles. The standard InChI is InChI=1S/C58H37N.C2H6/c1-2-14-40(15-3-1)57-49-18-8-10-20-51(49)58(52-21-11-9-19-50(52)57)41-26-30-48(31-27-41)59-55-32-28-46(44-24-22-38-12-4-6-16-42(38)34-44)36-53(55)54-37-47(29-33-56(54)59)45-25-23-39-13-5-7-17-43(39)35-45;1-2/h1-37H;1-2H3. The van der Waals surface area contributed by atoms with Gasteiger partial charge in [-0.3, -0.25) is 0 Å². The van der Waals surface area contributed by atoms with Crippen LogP contribution < -0.4 is 0 Å². The Hall–Kier alpha value is -7.74. The van der Waals surface area contributed by atoms with Crippen LogP contribution in [0.1, 0.15) is 13.8 Å². The van der Waals surface area contributed by atoms with Crippen molar-refractivity contribution in [1.82, 2.24) is 4.57 Å². The quantitative estimate of drug-likeness (QED) is 0.153. The van der Waals surface area contributed by atoms with Crippen LogP contribution in [0.15, 0.2) is 224 Å². The first-order chi connectivity index (χ1) is 30.2. The van der Waals surface area contributed by atoms with Gasteiger partial charge < -0.3 is 4.57 Å². The Bertz CT molecular complexity index is 3400. The molecule has 0 fully saturated rings. The normalized spacial score (nSPS) is 11.4. The summed E-state index contributed by atoms with van der Waals surface area (Å²) >= 11 is 0. The van der Waals surface area contributed by atoms with Gasteiger partial charge in [-0.2, -0.15) is 0 Å². The van der Waals surface area contributed by atoms with Crippen LogP contribution in [0.25, 0.3) is 115 Å². The van der Waals surface area contributed by atoms with Gasteiger partial charge in [-0.15, -0.1) is 0 Å². The molecule has 61 heavy (non-hydrogen) atoms. The van der Waals surface area contributed by atoms with Crippen LogP contribution in [0.4, 0.5) is 0 Å². The molecule has 1 heteroatoms. The molecule has 0 aliphatic heterocycles. The van der Waals surface area contributed by atoms with Gasteiger partial charge in [-0.25, -0.2) is 0 Å².